The molecule has 1 fully saturated rings. The molecule has 0 radical (unpaired) electrons. The summed E-state index contributed by atoms with van der Waals surface area (Å²) in [4.78, 5) is 11.3. The Kier molecular flexibility index (Phi) is 3.40. The molecule has 114 valence electrons. The van der Waals surface area contributed by atoms with Gasteiger partial charge in [-0.25, -0.2) is 10.8 Å². The molecule has 0 bridgehead atoms. The molecule has 21 heavy (non-hydrogen) atoms. The summed E-state index contributed by atoms with van der Waals surface area (Å²) in [5.41, 5.74) is 2.32. The van der Waals surface area contributed by atoms with Crippen LogP contribution in [0.4, 0.5) is 24.9 Å². The number of anilines is 2. The van der Waals surface area contributed by atoms with Gasteiger partial charge in [0.1, 0.15) is 17.2 Å². The minimum absolute atomic E-state index is 0.115. The second-order valence-corrected chi connectivity index (χ2v) is 6.30. The van der Waals surface area contributed by atoms with Gasteiger partial charge in [0, 0.05) is 10.9 Å². The lowest BCUT2D eigenvalue weighted by Gasteiger charge is -2.25. The van der Waals surface area contributed by atoms with Crippen molar-refractivity contribution in [1.29, 1.82) is 0 Å². The molecular weight excluding hydrogens is 303 g/mol. The van der Waals surface area contributed by atoms with Gasteiger partial charge in [-0.15, -0.1) is 11.3 Å². The Hall–Kier alpha value is -1.61. The normalized spacial score (nSPS) is 15.5. The standard InChI is InChI=1S/C12H14F3N5S/c1-6-4-8-9(17-11(19-16)18-10(8)21-6)20(7-2-3-7)5-12(13,14)15/h4,7H,2-3,5,16H2,1H3,(H,17,18,19). The largest absolute Gasteiger partial charge is 0.405 e. The molecule has 0 aromatic carbocycles. The van der Waals surface area contributed by atoms with Crippen molar-refractivity contribution in [2.24, 2.45) is 5.84 Å². The molecule has 1 saturated carbocycles. The van der Waals surface area contributed by atoms with E-state index in [2.05, 4.69) is 15.4 Å². The molecule has 0 unspecified atom stereocenters. The number of thiophene rings is 1. The lowest BCUT2D eigenvalue weighted by Crippen LogP contribution is -2.36. The third-order valence-electron chi connectivity index (χ3n) is 3.23. The molecule has 2 aromatic heterocycles. The fourth-order valence-corrected chi connectivity index (χ4v) is 3.14. The molecule has 0 aliphatic heterocycles. The first-order valence-corrected chi connectivity index (χ1v) is 7.27. The lowest BCUT2D eigenvalue weighted by molar-refractivity contribution is -0.120. The van der Waals surface area contributed by atoms with Crippen LogP contribution < -0.4 is 16.2 Å². The second kappa shape index (κ2) is 4.99. The van der Waals surface area contributed by atoms with Crippen molar-refractivity contribution in [3.63, 3.8) is 0 Å². The first kappa shape index (κ1) is 14.3. The number of halogens is 3. The topological polar surface area (TPSA) is 67.1 Å². The Bertz CT molecular complexity index is 665. The third kappa shape index (κ3) is 3.03. The summed E-state index contributed by atoms with van der Waals surface area (Å²) in [6, 6.07) is 1.71. The Morgan fingerprint density at radius 1 is 1.43 bits per heavy atom. The molecule has 1 aliphatic rings. The minimum Gasteiger partial charge on any atom is -0.344 e. The number of aryl methyl sites for hydroxylation is 1. The zero-order chi connectivity index (χ0) is 15.2. The number of nitrogens with zero attached hydrogens (tertiary/aromatic N) is 3. The highest BCUT2D eigenvalue weighted by atomic mass is 32.1. The van der Waals surface area contributed by atoms with E-state index in [1.54, 1.807) is 0 Å². The number of hydrogen-bond donors (Lipinski definition) is 2. The van der Waals surface area contributed by atoms with Crippen molar-refractivity contribution in [3.05, 3.63) is 10.9 Å². The van der Waals surface area contributed by atoms with Gasteiger partial charge >= 0.3 is 6.18 Å². The first-order valence-electron chi connectivity index (χ1n) is 6.45. The van der Waals surface area contributed by atoms with Crippen LogP contribution >= 0.6 is 11.3 Å². The van der Waals surface area contributed by atoms with E-state index < -0.39 is 12.7 Å². The number of hydrogen-bond acceptors (Lipinski definition) is 6. The quantitative estimate of drug-likeness (QED) is 0.670. The van der Waals surface area contributed by atoms with Crippen LogP contribution in [0.15, 0.2) is 6.07 Å². The molecule has 3 rings (SSSR count). The van der Waals surface area contributed by atoms with Crippen LogP contribution in [-0.2, 0) is 0 Å². The summed E-state index contributed by atoms with van der Waals surface area (Å²) in [7, 11) is 0. The Morgan fingerprint density at radius 3 is 2.71 bits per heavy atom. The van der Waals surface area contributed by atoms with Crippen LogP contribution in [-0.4, -0.2) is 28.7 Å². The highest BCUT2D eigenvalue weighted by molar-refractivity contribution is 7.18. The summed E-state index contributed by atoms with van der Waals surface area (Å²) >= 11 is 1.41. The van der Waals surface area contributed by atoms with Crippen molar-refractivity contribution in [1.82, 2.24) is 9.97 Å². The van der Waals surface area contributed by atoms with Crippen LogP contribution in [0.5, 0.6) is 0 Å². The summed E-state index contributed by atoms with van der Waals surface area (Å²) in [5, 5.41) is 0.646. The molecule has 0 spiro atoms. The van der Waals surface area contributed by atoms with E-state index in [0.717, 1.165) is 17.7 Å². The van der Waals surface area contributed by atoms with Gasteiger partial charge in [0.25, 0.3) is 0 Å². The lowest BCUT2D eigenvalue weighted by atomic mass is 10.3. The van der Waals surface area contributed by atoms with Crippen LogP contribution in [0.3, 0.4) is 0 Å². The number of alkyl halides is 3. The van der Waals surface area contributed by atoms with Crippen molar-refractivity contribution >= 4 is 33.3 Å². The number of aromatic nitrogens is 2. The van der Waals surface area contributed by atoms with Gasteiger partial charge in [-0.3, -0.25) is 5.43 Å². The van der Waals surface area contributed by atoms with Crippen molar-refractivity contribution in [2.45, 2.75) is 32.0 Å². The maximum atomic E-state index is 12.8. The number of fused-ring (bicyclic) bond motifs is 1. The molecule has 3 N–H and O–H groups in total. The Morgan fingerprint density at radius 2 is 2.14 bits per heavy atom. The zero-order valence-electron chi connectivity index (χ0n) is 11.2. The fraction of sp³-hybridized carbons (Fsp3) is 0.500. The molecule has 0 saturated heterocycles. The average Bonchev–Trinajstić information content (AvgIpc) is 3.15. The van der Waals surface area contributed by atoms with E-state index in [1.807, 2.05) is 13.0 Å². The third-order valence-corrected chi connectivity index (χ3v) is 4.18. The van der Waals surface area contributed by atoms with Crippen LogP contribution in [0.2, 0.25) is 0 Å². The van der Waals surface area contributed by atoms with Crippen LogP contribution in [0.25, 0.3) is 10.2 Å². The predicted molar refractivity (Wildman–Crippen MR) is 76.4 cm³/mol. The van der Waals surface area contributed by atoms with E-state index in [0.29, 0.717) is 16.0 Å². The molecule has 0 amide bonds. The molecular formula is C12H14F3N5S. The Balaban J connectivity index is 2.11. The molecule has 2 aromatic rings. The number of nitrogen functional groups attached to an aromatic ring is 1. The van der Waals surface area contributed by atoms with Gasteiger partial charge in [-0.1, -0.05) is 0 Å². The number of rotatable bonds is 4. The van der Waals surface area contributed by atoms with Crippen molar-refractivity contribution in [2.75, 3.05) is 16.9 Å². The van der Waals surface area contributed by atoms with Gasteiger partial charge in [-0.05, 0) is 25.8 Å². The number of nitrogens with one attached hydrogen (secondary N) is 1. The van der Waals surface area contributed by atoms with Gasteiger partial charge in [0.2, 0.25) is 5.95 Å². The van der Waals surface area contributed by atoms with Gasteiger partial charge in [-0.2, -0.15) is 18.2 Å². The highest BCUT2D eigenvalue weighted by Gasteiger charge is 2.39. The molecule has 0 atom stereocenters. The maximum absolute atomic E-state index is 12.8. The van der Waals surface area contributed by atoms with Crippen LogP contribution in [0.1, 0.15) is 17.7 Å². The van der Waals surface area contributed by atoms with E-state index in [4.69, 9.17) is 5.84 Å². The summed E-state index contributed by atoms with van der Waals surface area (Å²) in [5.74, 6) is 5.76. The Labute approximate surface area is 122 Å². The maximum Gasteiger partial charge on any atom is 0.405 e. The zero-order valence-corrected chi connectivity index (χ0v) is 12.1. The van der Waals surface area contributed by atoms with E-state index in [-0.39, 0.29) is 12.0 Å². The molecule has 1 aliphatic carbocycles. The van der Waals surface area contributed by atoms with E-state index in [9.17, 15) is 13.2 Å². The highest BCUT2D eigenvalue weighted by Crippen LogP contribution is 2.38. The first-order chi connectivity index (χ1) is 9.87. The molecule has 9 heteroatoms. The summed E-state index contributed by atoms with van der Waals surface area (Å²) in [6.07, 6.45) is -2.78. The monoisotopic (exact) mass is 317 g/mol. The summed E-state index contributed by atoms with van der Waals surface area (Å²) < 4.78 is 38.5. The minimum atomic E-state index is -4.28. The number of hydrazine groups is 1. The number of nitrogens with two attached hydrogens (primary N) is 1. The predicted octanol–water partition coefficient (Wildman–Crippen LogP) is 2.82. The van der Waals surface area contributed by atoms with Crippen molar-refractivity contribution in [3.8, 4) is 0 Å². The van der Waals surface area contributed by atoms with Crippen molar-refractivity contribution < 1.29 is 13.2 Å². The summed E-state index contributed by atoms with van der Waals surface area (Å²) in [6.45, 7) is 0.875. The molecule has 2 heterocycles. The smallest absolute Gasteiger partial charge is 0.344 e. The van der Waals surface area contributed by atoms with Gasteiger partial charge in [0.15, 0.2) is 0 Å². The van der Waals surface area contributed by atoms with Gasteiger partial charge < -0.3 is 4.90 Å². The average molecular weight is 317 g/mol. The van der Waals surface area contributed by atoms with E-state index in [1.165, 1.54) is 16.2 Å². The van der Waals surface area contributed by atoms with Gasteiger partial charge in [0.05, 0.1) is 5.39 Å². The van der Waals surface area contributed by atoms with E-state index >= 15 is 0 Å². The molecule has 5 nitrogen and oxygen atoms in total. The van der Waals surface area contributed by atoms with Crippen LogP contribution in [0, 0.1) is 6.92 Å². The second-order valence-electron chi connectivity index (χ2n) is 5.07. The SMILES string of the molecule is Cc1cc2c(N(CC(F)(F)F)C3CC3)nc(NN)nc2s1. The fourth-order valence-electron chi connectivity index (χ4n) is 2.27.